The van der Waals surface area contributed by atoms with Crippen LogP contribution in [-0.2, 0) is 9.53 Å². The van der Waals surface area contributed by atoms with Gasteiger partial charge in [-0.15, -0.1) is 0 Å². The molecule has 0 radical (unpaired) electrons. The first-order valence-corrected chi connectivity index (χ1v) is 9.31. The monoisotopic (exact) mass is 357 g/mol. The van der Waals surface area contributed by atoms with Crippen molar-refractivity contribution in [2.45, 2.75) is 52.7 Å². The molecular weight excluding hydrogens is 330 g/mol. The summed E-state index contributed by atoms with van der Waals surface area (Å²) >= 11 is 0. The maximum absolute atomic E-state index is 12.3. The van der Waals surface area contributed by atoms with E-state index in [1.807, 2.05) is 39.1 Å². The zero-order chi connectivity index (χ0) is 18.7. The predicted octanol–water partition coefficient (Wildman–Crippen LogP) is 3.88. The van der Waals surface area contributed by atoms with E-state index < -0.39 is 6.04 Å². The van der Waals surface area contributed by atoms with Crippen molar-refractivity contribution in [1.82, 2.24) is 14.8 Å². The number of esters is 1. The third kappa shape index (κ3) is 4.06. The van der Waals surface area contributed by atoms with Gasteiger partial charge in [-0.25, -0.2) is 9.78 Å². The Bertz CT molecular complexity index is 750. The molecule has 140 valence electrons. The maximum Gasteiger partial charge on any atom is 0.331 e. The van der Waals surface area contributed by atoms with Gasteiger partial charge in [-0.05, 0) is 43.2 Å². The van der Waals surface area contributed by atoms with E-state index in [0.29, 0.717) is 12.5 Å². The Morgan fingerprint density at radius 1 is 1.35 bits per heavy atom. The quantitative estimate of drug-likeness (QED) is 0.704. The number of nitrogens with zero attached hydrogens (tertiary/aromatic N) is 3. The van der Waals surface area contributed by atoms with Crippen LogP contribution in [0, 0.1) is 11.8 Å². The van der Waals surface area contributed by atoms with Crippen molar-refractivity contribution in [3.8, 4) is 17.0 Å². The number of carbonyl (C=O) groups is 1. The van der Waals surface area contributed by atoms with Gasteiger partial charge < -0.3 is 9.47 Å². The van der Waals surface area contributed by atoms with Crippen molar-refractivity contribution >= 4 is 5.97 Å². The molecule has 0 spiro atoms. The Morgan fingerprint density at radius 2 is 2.12 bits per heavy atom. The Morgan fingerprint density at radius 3 is 2.77 bits per heavy atom. The van der Waals surface area contributed by atoms with E-state index >= 15 is 0 Å². The van der Waals surface area contributed by atoms with Gasteiger partial charge in [0.1, 0.15) is 6.10 Å². The minimum absolute atomic E-state index is 0.0822. The lowest BCUT2D eigenvalue weighted by molar-refractivity contribution is -0.149. The van der Waals surface area contributed by atoms with E-state index in [0.717, 1.165) is 29.9 Å². The van der Waals surface area contributed by atoms with Gasteiger partial charge in [0.15, 0.2) is 6.04 Å². The van der Waals surface area contributed by atoms with Gasteiger partial charge in [-0.3, -0.25) is 4.68 Å². The molecule has 3 rings (SSSR count). The van der Waals surface area contributed by atoms with E-state index in [1.165, 1.54) is 0 Å². The molecule has 0 amide bonds. The van der Waals surface area contributed by atoms with Crippen LogP contribution >= 0.6 is 0 Å². The van der Waals surface area contributed by atoms with Crippen LogP contribution in [0.3, 0.4) is 0 Å². The van der Waals surface area contributed by atoms with Crippen molar-refractivity contribution in [3.63, 3.8) is 0 Å². The van der Waals surface area contributed by atoms with Crippen LogP contribution in [-0.4, -0.2) is 33.4 Å². The fourth-order valence-corrected chi connectivity index (χ4v) is 3.30. The van der Waals surface area contributed by atoms with E-state index in [4.69, 9.17) is 9.47 Å². The predicted molar refractivity (Wildman–Crippen MR) is 98.8 cm³/mol. The van der Waals surface area contributed by atoms with Gasteiger partial charge in [0, 0.05) is 24.0 Å². The molecule has 1 aliphatic rings. The fourth-order valence-electron chi connectivity index (χ4n) is 3.30. The number of pyridine rings is 1. The summed E-state index contributed by atoms with van der Waals surface area (Å²) in [6, 6.07) is 3.42. The molecule has 0 N–H and O–H groups in total. The Kier molecular flexibility index (Phi) is 5.59. The van der Waals surface area contributed by atoms with Crippen molar-refractivity contribution in [1.29, 1.82) is 0 Å². The molecule has 2 aromatic rings. The molecule has 6 heteroatoms. The summed E-state index contributed by atoms with van der Waals surface area (Å²) in [6.45, 7) is 8.38. The zero-order valence-corrected chi connectivity index (χ0v) is 15.9. The van der Waals surface area contributed by atoms with Crippen LogP contribution in [0.25, 0.3) is 11.1 Å². The van der Waals surface area contributed by atoms with Gasteiger partial charge >= 0.3 is 5.97 Å². The molecule has 2 aromatic heterocycles. The van der Waals surface area contributed by atoms with E-state index in [9.17, 15) is 4.79 Å². The van der Waals surface area contributed by atoms with Crippen molar-refractivity contribution < 1.29 is 14.3 Å². The van der Waals surface area contributed by atoms with Crippen LogP contribution in [0.15, 0.2) is 30.7 Å². The van der Waals surface area contributed by atoms with E-state index in [2.05, 4.69) is 17.0 Å². The minimum atomic E-state index is -0.433. The highest BCUT2D eigenvalue weighted by atomic mass is 16.5. The molecule has 1 aliphatic carbocycles. The van der Waals surface area contributed by atoms with E-state index in [1.54, 1.807) is 17.1 Å². The number of hydrogen-bond acceptors (Lipinski definition) is 5. The second kappa shape index (κ2) is 7.89. The van der Waals surface area contributed by atoms with Crippen LogP contribution in [0.5, 0.6) is 5.88 Å². The van der Waals surface area contributed by atoms with Gasteiger partial charge in [-0.1, -0.05) is 20.8 Å². The molecule has 26 heavy (non-hydrogen) atoms. The summed E-state index contributed by atoms with van der Waals surface area (Å²) in [4.78, 5) is 16.6. The first-order chi connectivity index (χ1) is 12.5. The van der Waals surface area contributed by atoms with Crippen molar-refractivity contribution in [2.75, 3.05) is 6.61 Å². The molecule has 2 heterocycles. The Hall–Kier alpha value is -2.37. The largest absolute Gasteiger partial charge is 0.474 e. The third-order valence-corrected chi connectivity index (χ3v) is 4.73. The van der Waals surface area contributed by atoms with Gasteiger partial charge in [0.25, 0.3) is 0 Å². The summed E-state index contributed by atoms with van der Waals surface area (Å²) < 4.78 is 12.8. The lowest BCUT2D eigenvalue weighted by Gasteiger charge is -2.32. The number of ether oxygens (including phenoxy) is 2. The lowest BCUT2D eigenvalue weighted by atomic mass is 9.84. The molecule has 1 fully saturated rings. The Labute approximate surface area is 154 Å². The van der Waals surface area contributed by atoms with Crippen LogP contribution < -0.4 is 4.74 Å². The lowest BCUT2D eigenvalue weighted by Crippen LogP contribution is -2.32. The zero-order valence-electron chi connectivity index (χ0n) is 15.9. The fraction of sp³-hybridized carbons (Fsp3) is 0.550. The van der Waals surface area contributed by atoms with Crippen LogP contribution in [0.2, 0.25) is 0 Å². The average molecular weight is 357 g/mol. The number of hydrogen-bond donors (Lipinski definition) is 0. The van der Waals surface area contributed by atoms with Gasteiger partial charge in [-0.2, -0.15) is 5.10 Å². The summed E-state index contributed by atoms with van der Waals surface area (Å²) in [5.41, 5.74) is 1.90. The molecule has 1 atom stereocenters. The van der Waals surface area contributed by atoms with Gasteiger partial charge in [0.2, 0.25) is 5.88 Å². The topological polar surface area (TPSA) is 66.2 Å². The smallest absolute Gasteiger partial charge is 0.331 e. The standard InChI is InChI=1S/C20H27N3O3/c1-5-25-20(24)19(13(2)3)23-12-16(11-22-23)15-6-7-21-18(10-15)26-17-8-14(4)9-17/h6-7,10-14,17,19H,5,8-9H2,1-4H3/t14-,17+,19?. The molecule has 0 aliphatic heterocycles. The SMILES string of the molecule is CCOC(=O)C(C(C)C)n1cc(-c2ccnc(O[C@H]3C[C@@H](C)C3)c2)cn1. The molecule has 1 saturated carbocycles. The minimum Gasteiger partial charge on any atom is -0.474 e. The molecular formula is C20H27N3O3. The average Bonchev–Trinajstić information content (AvgIpc) is 3.03. The molecule has 0 bridgehead atoms. The maximum atomic E-state index is 12.3. The van der Waals surface area contributed by atoms with Gasteiger partial charge in [0.05, 0.1) is 12.8 Å². The molecule has 1 unspecified atom stereocenters. The third-order valence-electron chi connectivity index (χ3n) is 4.73. The summed E-state index contributed by atoms with van der Waals surface area (Å²) in [5.74, 6) is 1.20. The highest BCUT2D eigenvalue weighted by Crippen LogP contribution is 2.31. The Balaban J connectivity index is 1.77. The molecule has 6 nitrogen and oxygen atoms in total. The first kappa shape index (κ1) is 18.4. The van der Waals surface area contributed by atoms with Crippen molar-refractivity contribution in [2.24, 2.45) is 11.8 Å². The normalized spacial score (nSPS) is 20.5. The van der Waals surface area contributed by atoms with Crippen LogP contribution in [0.1, 0.15) is 46.6 Å². The highest BCUT2D eigenvalue weighted by Gasteiger charge is 2.28. The second-order valence-corrected chi connectivity index (χ2v) is 7.35. The first-order valence-electron chi connectivity index (χ1n) is 9.31. The van der Waals surface area contributed by atoms with Crippen LogP contribution in [0.4, 0.5) is 0 Å². The van der Waals surface area contributed by atoms with Crippen molar-refractivity contribution in [3.05, 3.63) is 30.7 Å². The number of rotatable bonds is 7. The number of carbonyl (C=O) groups excluding carboxylic acids is 1. The highest BCUT2D eigenvalue weighted by molar-refractivity contribution is 5.74. The summed E-state index contributed by atoms with van der Waals surface area (Å²) in [7, 11) is 0. The number of aromatic nitrogens is 3. The van der Waals surface area contributed by atoms with E-state index in [-0.39, 0.29) is 18.0 Å². The summed E-state index contributed by atoms with van der Waals surface area (Å²) in [5, 5.41) is 4.40. The second-order valence-electron chi connectivity index (χ2n) is 7.35. The molecule has 0 saturated heterocycles. The summed E-state index contributed by atoms with van der Waals surface area (Å²) in [6.07, 6.45) is 7.82. The molecule has 0 aromatic carbocycles.